The Morgan fingerprint density at radius 1 is 1.19 bits per heavy atom. The molecule has 5 nitrogen and oxygen atoms in total. The zero-order valence-corrected chi connectivity index (χ0v) is 13.8. The number of aryl methyl sites for hydroxylation is 2. The number of alkyl halides is 1. The van der Waals surface area contributed by atoms with Crippen LogP contribution < -0.4 is 0 Å². The fraction of sp³-hybridized carbons (Fsp3) is 0.286. The maximum atomic E-state index is 5.88. The lowest BCUT2D eigenvalue weighted by atomic mass is 10.3. The minimum Gasteiger partial charge on any atom is -0.307 e. The standard InChI is InChI=1S/C14H13BrClN5/c1-9-5-18-11(7-17-9)8-21-13(2-3-16)20-12-4-10(15)6-19-14(12)21/h4-7H,2-3,8H2,1H3. The summed E-state index contributed by atoms with van der Waals surface area (Å²) in [6.45, 7) is 2.51. The van der Waals surface area contributed by atoms with E-state index in [0.717, 1.165) is 32.8 Å². The molecule has 0 N–H and O–H groups in total. The summed E-state index contributed by atoms with van der Waals surface area (Å²) in [5.41, 5.74) is 3.46. The van der Waals surface area contributed by atoms with Gasteiger partial charge in [0.1, 0.15) is 11.3 Å². The van der Waals surface area contributed by atoms with Crippen LogP contribution in [0.1, 0.15) is 17.2 Å². The highest BCUT2D eigenvalue weighted by Crippen LogP contribution is 2.20. The topological polar surface area (TPSA) is 56.5 Å². The predicted octanol–water partition coefficient (Wildman–Crippen LogP) is 3.12. The van der Waals surface area contributed by atoms with Gasteiger partial charge in [-0.1, -0.05) is 0 Å². The molecule has 0 spiro atoms. The normalized spacial score (nSPS) is 11.2. The average Bonchev–Trinajstić information content (AvgIpc) is 2.79. The van der Waals surface area contributed by atoms with E-state index in [1.54, 1.807) is 18.6 Å². The molecule has 3 aromatic heterocycles. The smallest absolute Gasteiger partial charge is 0.160 e. The minimum atomic E-state index is 0.518. The summed E-state index contributed by atoms with van der Waals surface area (Å²) >= 11 is 9.30. The summed E-state index contributed by atoms with van der Waals surface area (Å²) in [4.78, 5) is 17.8. The molecule has 0 unspecified atom stereocenters. The van der Waals surface area contributed by atoms with Gasteiger partial charge in [-0.2, -0.15) is 0 Å². The molecule has 21 heavy (non-hydrogen) atoms. The Bertz CT molecular complexity index is 769. The quantitative estimate of drug-likeness (QED) is 0.666. The van der Waals surface area contributed by atoms with Crippen molar-refractivity contribution in [3.05, 3.63) is 46.3 Å². The maximum absolute atomic E-state index is 5.88. The number of pyridine rings is 1. The Balaban J connectivity index is 2.06. The van der Waals surface area contributed by atoms with Crippen LogP contribution in [-0.4, -0.2) is 30.4 Å². The Morgan fingerprint density at radius 3 is 2.76 bits per heavy atom. The van der Waals surface area contributed by atoms with E-state index in [2.05, 4.69) is 35.9 Å². The van der Waals surface area contributed by atoms with Crippen LogP contribution >= 0.6 is 27.5 Å². The van der Waals surface area contributed by atoms with Gasteiger partial charge in [0, 0.05) is 29.2 Å². The first-order chi connectivity index (χ1) is 10.2. The Hall–Kier alpha value is -1.53. The molecule has 7 heteroatoms. The van der Waals surface area contributed by atoms with E-state index >= 15 is 0 Å². The molecule has 0 fully saturated rings. The van der Waals surface area contributed by atoms with E-state index in [1.165, 1.54) is 0 Å². The molecule has 0 aliphatic rings. The largest absolute Gasteiger partial charge is 0.307 e. The molecule has 0 aromatic carbocycles. The van der Waals surface area contributed by atoms with Crippen molar-refractivity contribution in [2.75, 3.05) is 5.88 Å². The Morgan fingerprint density at radius 2 is 2.05 bits per heavy atom. The fourth-order valence-electron chi connectivity index (χ4n) is 2.14. The van der Waals surface area contributed by atoms with Crippen molar-refractivity contribution in [3.8, 4) is 0 Å². The van der Waals surface area contributed by atoms with Crippen molar-refractivity contribution in [1.82, 2.24) is 24.5 Å². The highest BCUT2D eigenvalue weighted by Gasteiger charge is 2.13. The maximum Gasteiger partial charge on any atom is 0.160 e. The van der Waals surface area contributed by atoms with Crippen molar-refractivity contribution in [3.63, 3.8) is 0 Å². The number of nitrogens with zero attached hydrogens (tertiary/aromatic N) is 5. The summed E-state index contributed by atoms with van der Waals surface area (Å²) in [6.07, 6.45) is 6.00. The SMILES string of the molecule is Cc1cnc(Cn2c(CCCl)nc3cc(Br)cnc32)cn1. The third kappa shape index (κ3) is 3.06. The number of fused-ring (bicyclic) bond motifs is 1. The van der Waals surface area contributed by atoms with Crippen LogP contribution in [0.15, 0.2) is 29.1 Å². The molecular weight excluding hydrogens is 354 g/mol. The van der Waals surface area contributed by atoms with Crippen LogP contribution in [0, 0.1) is 6.92 Å². The van der Waals surface area contributed by atoms with Crippen LogP contribution in [0.25, 0.3) is 11.2 Å². The van der Waals surface area contributed by atoms with Crippen LogP contribution in [0.4, 0.5) is 0 Å². The van der Waals surface area contributed by atoms with E-state index in [4.69, 9.17) is 11.6 Å². The van der Waals surface area contributed by atoms with E-state index in [-0.39, 0.29) is 0 Å². The van der Waals surface area contributed by atoms with E-state index in [9.17, 15) is 0 Å². The van der Waals surface area contributed by atoms with Gasteiger partial charge in [0.15, 0.2) is 5.65 Å². The summed E-state index contributed by atoms with van der Waals surface area (Å²) < 4.78 is 2.95. The number of halogens is 2. The molecule has 0 aliphatic heterocycles. The summed E-state index contributed by atoms with van der Waals surface area (Å²) in [5.74, 6) is 1.43. The molecule has 3 rings (SSSR count). The highest BCUT2D eigenvalue weighted by atomic mass is 79.9. The van der Waals surface area contributed by atoms with Crippen molar-refractivity contribution in [2.45, 2.75) is 19.9 Å². The monoisotopic (exact) mass is 365 g/mol. The van der Waals surface area contributed by atoms with Gasteiger partial charge in [0.05, 0.1) is 24.1 Å². The van der Waals surface area contributed by atoms with Crippen LogP contribution in [0.5, 0.6) is 0 Å². The van der Waals surface area contributed by atoms with Gasteiger partial charge in [-0.25, -0.2) is 9.97 Å². The lowest BCUT2D eigenvalue weighted by Crippen LogP contribution is -2.08. The van der Waals surface area contributed by atoms with E-state index in [1.807, 2.05) is 17.6 Å². The molecule has 3 aromatic rings. The van der Waals surface area contributed by atoms with Gasteiger partial charge in [0.25, 0.3) is 0 Å². The van der Waals surface area contributed by atoms with Gasteiger partial charge < -0.3 is 4.57 Å². The minimum absolute atomic E-state index is 0.518. The zero-order chi connectivity index (χ0) is 14.8. The molecule has 0 aliphatic carbocycles. The first-order valence-corrected chi connectivity index (χ1v) is 7.84. The van der Waals surface area contributed by atoms with E-state index in [0.29, 0.717) is 18.8 Å². The lowest BCUT2D eigenvalue weighted by molar-refractivity contribution is 0.726. The molecule has 0 amide bonds. The van der Waals surface area contributed by atoms with Crippen molar-refractivity contribution < 1.29 is 0 Å². The first-order valence-electron chi connectivity index (χ1n) is 6.51. The summed E-state index contributed by atoms with van der Waals surface area (Å²) in [6, 6.07) is 1.96. The number of hydrogen-bond donors (Lipinski definition) is 0. The first kappa shape index (κ1) is 14.4. The third-order valence-corrected chi connectivity index (χ3v) is 3.73. The molecule has 0 saturated carbocycles. The van der Waals surface area contributed by atoms with E-state index < -0.39 is 0 Å². The van der Waals surface area contributed by atoms with Gasteiger partial charge in [-0.15, -0.1) is 11.6 Å². The van der Waals surface area contributed by atoms with Crippen LogP contribution in [0.2, 0.25) is 0 Å². The second kappa shape index (κ2) is 6.07. The molecule has 0 atom stereocenters. The van der Waals surface area contributed by atoms with Crippen LogP contribution in [0.3, 0.4) is 0 Å². The number of rotatable bonds is 4. The number of aromatic nitrogens is 5. The van der Waals surface area contributed by atoms with Gasteiger partial charge >= 0.3 is 0 Å². The fourth-order valence-corrected chi connectivity index (χ4v) is 2.63. The number of hydrogen-bond acceptors (Lipinski definition) is 4. The molecule has 3 heterocycles. The second-order valence-corrected chi connectivity index (χ2v) is 5.99. The molecule has 0 radical (unpaired) electrons. The average molecular weight is 367 g/mol. The molecule has 0 bridgehead atoms. The van der Waals surface area contributed by atoms with Crippen LogP contribution in [-0.2, 0) is 13.0 Å². The molecule has 108 valence electrons. The molecular formula is C14H13BrClN5. The molecule has 0 saturated heterocycles. The Labute approximate surface area is 135 Å². The Kier molecular flexibility index (Phi) is 4.17. The van der Waals surface area contributed by atoms with Crippen molar-refractivity contribution in [2.24, 2.45) is 0 Å². The number of imidazole rings is 1. The summed E-state index contributed by atoms with van der Waals surface area (Å²) in [5, 5.41) is 0. The van der Waals surface area contributed by atoms with Gasteiger partial charge in [0.2, 0.25) is 0 Å². The second-order valence-electron chi connectivity index (χ2n) is 4.70. The van der Waals surface area contributed by atoms with Crippen molar-refractivity contribution >= 4 is 38.7 Å². The lowest BCUT2D eigenvalue weighted by Gasteiger charge is -2.07. The van der Waals surface area contributed by atoms with Gasteiger partial charge in [-0.3, -0.25) is 9.97 Å². The zero-order valence-electron chi connectivity index (χ0n) is 11.4. The third-order valence-electron chi connectivity index (χ3n) is 3.10. The predicted molar refractivity (Wildman–Crippen MR) is 85.5 cm³/mol. The van der Waals surface area contributed by atoms with Crippen molar-refractivity contribution in [1.29, 1.82) is 0 Å². The summed E-state index contributed by atoms with van der Waals surface area (Å²) in [7, 11) is 0. The highest BCUT2D eigenvalue weighted by molar-refractivity contribution is 9.10. The van der Waals surface area contributed by atoms with Gasteiger partial charge in [-0.05, 0) is 28.9 Å².